The number of halogens is 1. The molecule has 0 aliphatic carbocycles. The van der Waals surface area contributed by atoms with E-state index in [-0.39, 0.29) is 16.7 Å². The van der Waals surface area contributed by atoms with Gasteiger partial charge in [0, 0.05) is 29.0 Å². The minimum absolute atomic E-state index is 0.178. The first-order valence-electron chi connectivity index (χ1n) is 10.7. The Kier molecular flexibility index (Phi) is 6.69. The van der Waals surface area contributed by atoms with Crippen molar-refractivity contribution in [2.45, 2.75) is 40.2 Å². The van der Waals surface area contributed by atoms with Crippen LogP contribution in [0.15, 0.2) is 48.0 Å². The monoisotopic (exact) mass is 433 g/mol. The number of nitrogens with zero attached hydrogens (tertiary/aromatic N) is 2. The van der Waals surface area contributed by atoms with E-state index in [0.29, 0.717) is 18.0 Å². The summed E-state index contributed by atoms with van der Waals surface area (Å²) in [4.78, 5) is 14.8. The molecule has 1 aliphatic rings. The molecule has 0 radical (unpaired) electrons. The summed E-state index contributed by atoms with van der Waals surface area (Å²) in [6.07, 6.45) is 3.44. The van der Waals surface area contributed by atoms with Gasteiger partial charge in [-0.1, -0.05) is 6.08 Å². The van der Waals surface area contributed by atoms with Crippen molar-refractivity contribution in [3.8, 4) is 11.8 Å². The number of hydrogen-bond acceptors (Lipinski definition) is 4. The summed E-state index contributed by atoms with van der Waals surface area (Å²) >= 11 is 0. The second kappa shape index (κ2) is 9.27. The van der Waals surface area contributed by atoms with Crippen LogP contribution in [0.2, 0.25) is 0 Å². The molecular formula is C26H28FN3O2. The van der Waals surface area contributed by atoms with Crippen molar-refractivity contribution >= 4 is 28.9 Å². The number of rotatable bonds is 6. The number of carbonyl (C=O) groups excluding carboxylic acids is 1. The molecule has 5 nitrogen and oxygen atoms in total. The second-order valence-electron chi connectivity index (χ2n) is 8.20. The maximum Gasteiger partial charge on any atom is 0.266 e. The Morgan fingerprint density at radius 1 is 1.25 bits per heavy atom. The molecule has 0 spiro atoms. The van der Waals surface area contributed by atoms with Gasteiger partial charge in [0.25, 0.3) is 5.91 Å². The lowest BCUT2D eigenvalue weighted by atomic mass is 9.87. The van der Waals surface area contributed by atoms with Crippen LogP contribution in [-0.2, 0) is 4.79 Å². The van der Waals surface area contributed by atoms with Gasteiger partial charge in [0.15, 0.2) is 0 Å². The van der Waals surface area contributed by atoms with E-state index in [9.17, 15) is 10.1 Å². The van der Waals surface area contributed by atoms with Crippen molar-refractivity contribution in [1.29, 1.82) is 5.26 Å². The second-order valence-corrected chi connectivity index (χ2v) is 8.20. The predicted octanol–water partition coefficient (Wildman–Crippen LogP) is 5.79. The Labute approximate surface area is 188 Å². The van der Waals surface area contributed by atoms with E-state index in [0.717, 1.165) is 23.4 Å². The van der Waals surface area contributed by atoms with E-state index in [1.165, 1.54) is 12.1 Å². The minimum atomic E-state index is -0.600. The maximum atomic E-state index is 15.0. The molecule has 166 valence electrons. The molecular weight excluding hydrogens is 405 g/mol. The van der Waals surface area contributed by atoms with Gasteiger partial charge in [0.1, 0.15) is 23.2 Å². The highest BCUT2D eigenvalue weighted by molar-refractivity contribution is 6.09. The van der Waals surface area contributed by atoms with Crippen LogP contribution < -0.4 is 15.0 Å². The summed E-state index contributed by atoms with van der Waals surface area (Å²) < 4.78 is 20.4. The molecule has 0 saturated carbocycles. The average molecular weight is 434 g/mol. The smallest absolute Gasteiger partial charge is 0.266 e. The van der Waals surface area contributed by atoms with Gasteiger partial charge in [0.2, 0.25) is 0 Å². The van der Waals surface area contributed by atoms with Crippen LogP contribution in [0.4, 0.5) is 15.8 Å². The molecule has 1 amide bonds. The number of nitriles is 1. The molecule has 6 heteroatoms. The number of ether oxygens (including phenoxy) is 1. The van der Waals surface area contributed by atoms with Crippen molar-refractivity contribution in [3.05, 3.63) is 65.0 Å². The van der Waals surface area contributed by atoms with Gasteiger partial charge >= 0.3 is 0 Å². The summed E-state index contributed by atoms with van der Waals surface area (Å²) in [5, 5.41) is 12.2. The van der Waals surface area contributed by atoms with Gasteiger partial charge in [-0.05, 0) is 82.7 Å². The van der Waals surface area contributed by atoms with Crippen molar-refractivity contribution in [3.63, 3.8) is 0 Å². The molecule has 0 bridgehead atoms. The maximum absolute atomic E-state index is 15.0. The third kappa shape index (κ3) is 4.67. The Bertz CT molecular complexity index is 1120. The topological polar surface area (TPSA) is 65.4 Å². The SMILES string of the molecule is CCOc1ccc(NC(=O)/C(C#N)=C/c2cc3c(cc2F)N(CC)C(C)(C)C=C3C)cc1. The van der Waals surface area contributed by atoms with Crippen LogP contribution in [-0.4, -0.2) is 24.6 Å². The zero-order valence-corrected chi connectivity index (χ0v) is 19.1. The number of allylic oxidation sites excluding steroid dienone is 1. The highest BCUT2D eigenvalue weighted by Gasteiger charge is 2.31. The van der Waals surface area contributed by atoms with Crippen molar-refractivity contribution in [2.75, 3.05) is 23.4 Å². The van der Waals surface area contributed by atoms with E-state index in [4.69, 9.17) is 4.74 Å². The Morgan fingerprint density at radius 3 is 2.53 bits per heavy atom. The first-order valence-corrected chi connectivity index (χ1v) is 10.7. The van der Waals surface area contributed by atoms with Gasteiger partial charge in [0.05, 0.1) is 12.1 Å². The van der Waals surface area contributed by atoms with Crippen LogP contribution in [0, 0.1) is 17.1 Å². The Morgan fingerprint density at radius 2 is 1.94 bits per heavy atom. The van der Waals surface area contributed by atoms with Crippen LogP contribution >= 0.6 is 0 Å². The third-order valence-corrected chi connectivity index (χ3v) is 5.50. The van der Waals surface area contributed by atoms with E-state index in [1.807, 2.05) is 26.8 Å². The molecule has 3 rings (SSSR count). The summed E-state index contributed by atoms with van der Waals surface area (Å²) in [7, 11) is 0. The molecule has 0 saturated heterocycles. The van der Waals surface area contributed by atoms with Crippen molar-refractivity contribution < 1.29 is 13.9 Å². The molecule has 1 aliphatic heterocycles. The normalized spacial score (nSPS) is 14.8. The largest absolute Gasteiger partial charge is 0.494 e. The highest BCUT2D eigenvalue weighted by atomic mass is 19.1. The highest BCUT2D eigenvalue weighted by Crippen LogP contribution is 2.40. The summed E-state index contributed by atoms with van der Waals surface area (Å²) in [5.41, 5.74) is 3.04. The van der Waals surface area contributed by atoms with Crippen molar-refractivity contribution in [2.24, 2.45) is 0 Å². The van der Waals surface area contributed by atoms with Crippen LogP contribution in [0.3, 0.4) is 0 Å². The van der Waals surface area contributed by atoms with Gasteiger partial charge in [-0.25, -0.2) is 4.39 Å². The lowest BCUT2D eigenvalue weighted by Crippen LogP contribution is -2.45. The number of anilines is 2. The number of likely N-dealkylation sites (N-methyl/N-ethyl adjacent to an activating group) is 1. The Hall–Kier alpha value is -3.59. The fourth-order valence-electron chi connectivity index (χ4n) is 4.11. The van der Waals surface area contributed by atoms with Gasteiger partial charge in [-0.15, -0.1) is 0 Å². The lowest BCUT2D eigenvalue weighted by molar-refractivity contribution is -0.112. The van der Waals surface area contributed by atoms with Crippen LogP contribution in [0.5, 0.6) is 5.75 Å². The molecule has 2 aromatic rings. The standard InChI is InChI=1S/C26H28FN3O2/c1-6-30-24-14-23(27)18(13-22(24)17(3)15-26(30,4)5)12-19(16-28)25(31)29-20-8-10-21(11-9-20)32-7-2/h8-15H,6-7H2,1-5H3,(H,29,31)/b19-12+. The predicted molar refractivity (Wildman–Crippen MR) is 127 cm³/mol. The van der Waals surface area contributed by atoms with E-state index in [1.54, 1.807) is 30.3 Å². The zero-order chi connectivity index (χ0) is 23.5. The molecule has 1 heterocycles. The first-order chi connectivity index (χ1) is 15.2. The molecule has 0 fully saturated rings. The van der Waals surface area contributed by atoms with Crippen LogP contribution in [0.1, 0.15) is 45.7 Å². The number of benzene rings is 2. The van der Waals surface area contributed by atoms with E-state index < -0.39 is 11.7 Å². The molecule has 0 aromatic heterocycles. The minimum Gasteiger partial charge on any atom is -0.494 e. The Balaban J connectivity index is 1.91. The summed E-state index contributed by atoms with van der Waals surface area (Å²) in [6.45, 7) is 11.4. The van der Waals surface area contributed by atoms with Gasteiger partial charge in [-0.3, -0.25) is 4.79 Å². The molecule has 0 atom stereocenters. The van der Waals surface area contributed by atoms with E-state index in [2.05, 4.69) is 30.1 Å². The van der Waals surface area contributed by atoms with Gasteiger partial charge < -0.3 is 15.0 Å². The number of hydrogen-bond donors (Lipinski definition) is 1. The van der Waals surface area contributed by atoms with Crippen molar-refractivity contribution in [1.82, 2.24) is 0 Å². The van der Waals surface area contributed by atoms with Crippen LogP contribution in [0.25, 0.3) is 11.6 Å². The fourth-order valence-corrected chi connectivity index (χ4v) is 4.11. The third-order valence-electron chi connectivity index (χ3n) is 5.50. The lowest BCUT2D eigenvalue weighted by Gasteiger charge is -2.42. The first kappa shape index (κ1) is 23.1. The summed E-state index contributed by atoms with van der Waals surface area (Å²) in [5.74, 6) is -0.392. The fraction of sp³-hybridized carbons (Fsp3) is 0.308. The molecule has 32 heavy (non-hydrogen) atoms. The molecule has 0 unspecified atom stereocenters. The number of carbonyl (C=O) groups is 1. The molecule has 2 aromatic carbocycles. The zero-order valence-electron chi connectivity index (χ0n) is 19.1. The summed E-state index contributed by atoms with van der Waals surface area (Å²) in [6, 6.07) is 11.9. The van der Waals surface area contributed by atoms with E-state index >= 15 is 4.39 Å². The quantitative estimate of drug-likeness (QED) is 0.462. The molecule has 1 N–H and O–H groups in total. The number of fused-ring (bicyclic) bond motifs is 1. The average Bonchev–Trinajstić information content (AvgIpc) is 2.73. The number of nitrogens with one attached hydrogen (secondary N) is 1. The van der Waals surface area contributed by atoms with Gasteiger partial charge in [-0.2, -0.15) is 5.26 Å². The number of amides is 1.